The maximum atomic E-state index is 4.31. The molecule has 0 atom stereocenters. The van der Waals surface area contributed by atoms with Gasteiger partial charge < -0.3 is 10.3 Å². The van der Waals surface area contributed by atoms with Gasteiger partial charge in [-0.2, -0.15) is 0 Å². The second kappa shape index (κ2) is 5.02. The van der Waals surface area contributed by atoms with Gasteiger partial charge in [-0.05, 0) is 19.4 Å². The first-order chi connectivity index (χ1) is 6.22. The maximum Gasteiger partial charge on any atom is 0.106 e. The molecule has 0 saturated carbocycles. The Morgan fingerprint density at radius 1 is 1.54 bits per heavy atom. The molecule has 0 bridgehead atoms. The number of imidazole rings is 1. The van der Waals surface area contributed by atoms with E-state index in [0.717, 1.165) is 24.7 Å². The molecule has 0 saturated heterocycles. The normalized spacial score (nSPS) is 11.1. The van der Waals surface area contributed by atoms with Crippen LogP contribution < -0.4 is 5.32 Å². The zero-order valence-corrected chi connectivity index (χ0v) is 8.72. The third-order valence-electron chi connectivity index (χ3n) is 2.01. The Morgan fingerprint density at radius 2 is 2.31 bits per heavy atom. The van der Waals surface area contributed by atoms with Gasteiger partial charge in [0, 0.05) is 24.9 Å². The Hall–Kier alpha value is -0.830. The molecule has 0 aliphatic rings. The van der Waals surface area contributed by atoms with Crippen molar-refractivity contribution in [2.24, 2.45) is 5.92 Å². The van der Waals surface area contributed by atoms with Crippen LogP contribution in [0.5, 0.6) is 0 Å². The SMILES string of the molecule is CNCc1cnc(CCC(C)C)[nH]1. The number of aryl methyl sites for hydroxylation is 1. The van der Waals surface area contributed by atoms with Crippen LogP contribution in [0.4, 0.5) is 0 Å². The summed E-state index contributed by atoms with van der Waals surface area (Å²) in [5.41, 5.74) is 1.17. The van der Waals surface area contributed by atoms with E-state index in [1.54, 1.807) is 0 Å². The monoisotopic (exact) mass is 181 g/mol. The first-order valence-electron chi connectivity index (χ1n) is 4.89. The minimum atomic E-state index is 0.748. The summed E-state index contributed by atoms with van der Waals surface area (Å²) >= 11 is 0. The summed E-state index contributed by atoms with van der Waals surface area (Å²) in [6, 6.07) is 0. The van der Waals surface area contributed by atoms with Gasteiger partial charge in [0.1, 0.15) is 5.82 Å². The van der Waals surface area contributed by atoms with E-state index in [0.29, 0.717) is 0 Å². The predicted molar refractivity (Wildman–Crippen MR) is 54.5 cm³/mol. The lowest BCUT2D eigenvalue weighted by Gasteiger charge is -2.00. The van der Waals surface area contributed by atoms with Crippen LogP contribution in [0.1, 0.15) is 31.8 Å². The average molecular weight is 181 g/mol. The molecule has 1 heterocycles. The highest BCUT2D eigenvalue weighted by atomic mass is 14.9. The minimum absolute atomic E-state index is 0.748. The zero-order chi connectivity index (χ0) is 9.68. The summed E-state index contributed by atoms with van der Waals surface area (Å²) in [6.07, 6.45) is 4.17. The van der Waals surface area contributed by atoms with Crippen molar-refractivity contribution in [1.82, 2.24) is 15.3 Å². The Bertz CT molecular complexity index is 240. The quantitative estimate of drug-likeness (QED) is 0.726. The number of aromatic amines is 1. The summed E-state index contributed by atoms with van der Waals surface area (Å²) in [5.74, 6) is 1.86. The van der Waals surface area contributed by atoms with Gasteiger partial charge in [-0.15, -0.1) is 0 Å². The number of aromatic nitrogens is 2. The molecule has 0 unspecified atom stereocenters. The molecular formula is C10H19N3. The number of H-pyrrole nitrogens is 1. The van der Waals surface area contributed by atoms with Gasteiger partial charge in [0.25, 0.3) is 0 Å². The molecule has 1 aromatic rings. The van der Waals surface area contributed by atoms with E-state index < -0.39 is 0 Å². The molecule has 3 heteroatoms. The number of nitrogens with zero attached hydrogens (tertiary/aromatic N) is 1. The van der Waals surface area contributed by atoms with Crippen molar-refractivity contribution in [3.63, 3.8) is 0 Å². The molecule has 3 nitrogen and oxygen atoms in total. The number of nitrogens with one attached hydrogen (secondary N) is 2. The van der Waals surface area contributed by atoms with Crippen molar-refractivity contribution >= 4 is 0 Å². The zero-order valence-electron chi connectivity index (χ0n) is 8.72. The standard InChI is InChI=1S/C10H19N3/c1-8(2)4-5-10-12-7-9(13-10)6-11-3/h7-8,11H,4-6H2,1-3H3,(H,12,13). The van der Waals surface area contributed by atoms with Gasteiger partial charge in [-0.1, -0.05) is 13.8 Å². The van der Waals surface area contributed by atoms with E-state index in [2.05, 4.69) is 29.1 Å². The van der Waals surface area contributed by atoms with Gasteiger partial charge in [0.15, 0.2) is 0 Å². The smallest absolute Gasteiger partial charge is 0.106 e. The Morgan fingerprint density at radius 3 is 2.92 bits per heavy atom. The summed E-state index contributed by atoms with van der Waals surface area (Å²) in [4.78, 5) is 7.61. The fraction of sp³-hybridized carbons (Fsp3) is 0.700. The Labute approximate surface area is 80.0 Å². The molecule has 74 valence electrons. The van der Waals surface area contributed by atoms with Crippen molar-refractivity contribution in [1.29, 1.82) is 0 Å². The van der Waals surface area contributed by atoms with Crippen LogP contribution in [0, 0.1) is 5.92 Å². The van der Waals surface area contributed by atoms with Crippen LogP contribution in [0.25, 0.3) is 0 Å². The highest BCUT2D eigenvalue weighted by molar-refractivity contribution is 5.00. The third kappa shape index (κ3) is 3.59. The molecule has 1 aromatic heterocycles. The molecule has 0 amide bonds. The second-order valence-corrected chi connectivity index (χ2v) is 3.82. The van der Waals surface area contributed by atoms with Crippen LogP contribution >= 0.6 is 0 Å². The van der Waals surface area contributed by atoms with Crippen molar-refractivity contribution in [2.45, 2.75) is 33.2 Å². The van der Waals surface area contributed by atoms with Crippen LogP contribution in [-0.2, 0) is 13.0 Å². The molecule has 13 heavy (non-hydrogen) atoms. The van der Waals surface area contributed by atoms with E-state index >= 15 is 0 Å². The van der Waals surface area contributed by atoms with E-state index in [1.807, 2.05) is 13.2 Å². The molecule has 0 aliphatic heterocycles. The highest BCUT2D eigenvalue weighted by Gasteiger charge is 2.01. The van der Waals surface area contributed by atoms with Gasteiger partial charge in [0.05, 0.1) is 0 Å². The van der Waals surface area contributed by atoms with Crippen LogP contribution in [0.2, 0.25) is 0 Å². The minimum Gasteiger partial charge on any atom is -0.345 e. The van der Waals surface area contributed by atoms with Crippen LogP contribution in [0.3, 0.4) is 0 Å². The summed E-state index contributed by atoms with van der Waals surface area (Å²) in [7, 11) is 1.94. The number of hydrogen-bond donors (Lipinski definition) is 2. The van der Waals surface area contributed by atoms with E-state index in [1.165, 1.54) is 12.1 Å². The van der Waals surface area contributed by atoms with E-state index in [4.69, 9.17) is 0 Å². The Kier molecular flexibility index (Phi) is 3.96. The lowest BCUT2D eigenvalue weighted by Crippen LogP contribution is -2.05. The number of hydrogen-bond acceptors (Lipinski definition) is 2. The summed E-state index contributed by atoms with van der Waals surface area (Å²) < 4.78 is 0. The van der Waals surface area contributed by atoms with E-state index in [-0.39, 0.29) is 0 Å². The van der Waals surface area contributed by atoms with Crippen molar-refractivity contribution < 1.29 is 0 Å². The summed E-state index contributed by atoms with van der Waals surface area (Å²) in [5, 5.41) is 3.09. The van der Waals surface area contributed by atoms with Crippen molar-refractivity contribution in [3.05, 3.63) is 17.7 Å². The molecule has 0 aliphatic carbocycles. The van der Waals surface area contributed by atoms with Crippen molar-refractivity contribution in [3.8, 4) is 0 Å². The van der Waals surface area contributed by atoms with E-state index in [9.17, 15) is 0 Å². The molecule has 0 radical (unpaired) electrons. The molecule has 2 N–H and O–H groups in total. The fourth-order valence-electron chi connectivity index (χ4n) is 1.24. The molecule has 0 spiro atoms. The second-order valence-electron chi connectivity index (χ2n) is 3.82. The maximum absolute atomic E-state index is 4.31. The first-order valence-corrected chi connectivity index (χ1v) is 4.89. The average Bonchev–Trinajstić information content (AvgIpc) is 2.50. The summed E-state index contributed by atoms with van der Waals surface area (Å²) in [6.45, 7) is 5.34. The van der Waals surface area contributed by atoms with Gasteiger partial charge in [-0.25, -0.2) is 4.98 Å². The van der Waals surface area contributed by atoms with Crippen LogP contribution in [0.15, 0.2) is 6.20 Å². The fourth-order valence-corrected chi connectivity index (χ4v) is 1.24. The Balaban J connectivity index is 2.39. The lowest BCUT2D eigenvalue weighted by atomic mass is 10.1. The molecule has 1 rings (SSSR count). The number of rotatable bonds is 5. The van der Waals surface area contributed by atoms with Crippen LogP contribution in [-0.4, -0.2) is 17.0 Å². The molecule has 0 aromatic carbocycles. The third-order valence-corrected chi connectivity index (χ3v) is 2.01. The predicted octanol–water partition coefficient (Wildman–Crippen LogP) is 1.72. The van der Waals surface area contributed by atoms with Gasteiger partial charge in [0.2, 0.25) is 0 Å². The first kappa shape index (κ1) is 10.3. The molecular weight excluding hydrogens is 162 g/mol. The lowest BCUT2D eigenvalue weighted by molar-refractivity contribution is 0.576. The highest BCUT2D eigenvalue weighted by Crippen LogP contribution is 2.06. The largest absolute Gasteiger partial charge is 0.345 e. The molecule has 0 fully saturated rings. The van der Waals surface area contributed by atoms with Crippen molar-refractivity contribution in [2.75, 3.05) is 7.05 Å². The van der Waals surface area contributed by atoms with Gasteiger partial charge >= 0.3 is 0 Å². The van der Waals surface area contributed by atoms with Gasteiger partial charge in [-0.3, -0.25) is 0 Å². The topological polar surface area (TPSA) is 40.7 Å².